The van der Waals surface area contributed by atoms with E-state index in [1.807, 2.05) is 60.7 Å². The van der Waals surface area contributed by atoms with Gasteiger partial charge in [-0.25, -0.2) is 0 Å². The maximum atomic E-state index is 13.7. The van der Waals surface area contributed by atoms with Gasteiger partial charge in [0.05, 0.1) is 12.1 Å². The summed E-state index contributed by atoms with van der Waals surface area (Å²) in [6, 6.07) is 15.9. The Labute approximate surface area is 253 Å². The van der Waals surface area contributed by atoms with Gasteiger partial charge in [0.15, 0.2) is 11.7 Å². The van der Waals surface area contributed by atoms with Crippen LogP contribution < -0.4 is 39.3 Å². The van der Waals surface area contributed by atoms with Crippen LogP contribution in [0.15, 0.2) is 65.7 Å². The molecule has 0 radical (unpaired) electrons. The number of hydrogen-bond acceptors (Lipinski definition) is 7. The van der Waals surface area contributed by atoms with Crippen molar-refractivity contribution >= 4 is 29.5 Å². The number of ketones is 1. The highest BCUT2D eigenvalue weighted by atomic mass is 16.2. The van der Waals surface area contributed by atoms with Crippen molar-refractivity contribution in [3.8, 4) is 0 Å². The summed E-state index contributed by atoms with van der Waals surface area (Å²) in [7, 11) is 0. The van der Waals surface area contributed by atoms with Crippen molar-refractivity contribution in [1.82, 2.24) is 10.6 Å². The number of carbonyl (C=O) groups is 4. The number of amides is 3. The summed E-state index contributed by atoms with van der Waals surface area (Å²) in [4.78, 5) is 56.3. The number of nitrogens with one attached hydrogen (secondary N) is 2. The second-order valence-electron chi connectivity index (χ2n) is 10.6. The molecule has 12 nitrogen and oxygen atoms in total. The molecule has 234 valence electrons. The number of guanidine groups is 1. The fraction of sp³-hybridized carbons (Fsp3) is 0.452. The SMILES string of the molecule is NCCCC[C@H](NC(=O)[C@@H](CC(=O)[C@@H](CCCN=C(N)N)NC(=O)[C@@H](N)Cc1ccccc1)Cc1ccccc1)C(N)=O. The summed E-state index contributed by atoms with van der Waals surface area (Å²) in [5, 5.41) is 5.52. The Morgan fingerprint density at radius 2 is 1.28 bits per heavy atom. The van der Waals surface area contributed by atoms with Gasteiger partial charge in [-0.2, -0.15) is 0 Å². The fourth-order valence-corrected chi connectivity index (χ4v) is 4.67. The number of nitrogens with zero attached hydrogens (tertiary/aromatic N) is 1. The van der Waals surface area contributed by atoms with Crippen LogP contribution in [0.1, 0.15) is 49.7 Å². The second kappa shape index (κ2) is 19.0. The fourth-order valence-electron chi connectivity index (χ4n) is 4.67. The van der Waals surface area contributed by atoms with Crippen LogP contribution in [-0.4, -0.2) is 60.7 Å². The zero-order valence-electron chi connectivity index (χ0n) is 24.6. The highest BCUT2D eigenvalue weighted by Crippen LogP contribution is 2.17. The summed E-state index contributed by atoms with van der Waals surface area (Å²) in [6.45, 7) is 0.713. The van der Waals surface area contributed by atoms with Crippen molar-refractivity contribution < 1.29 is 19.2 Å². The number of rotatable bonds is 20. The van der Waals surface area contributed by atoms with Crippen molar-refractivity contribution in [2.75, 3.05) is 13.1 Å². The molecular formula is C31H46N8O4. The number of unbranched alkanes of at least 4 members (excludes halogenated alkanes) is 1. The van der Waals surface area contributed by atoms with Crippen LogP contribution in [0.4, 0.5) is 0 Å². The maximum absolute atomic E-state index is 13.7. The molecule has 4 atom stereocenters. The molecule has 2 aromatic carbocycles. The molecule has 12 heteroatoms. The van der Waals surface area contributed by atoms with E-state index >= 15 is 0 Å². The summed E-state index contributed by atoms with van der Waals surface area (Å²) in [5.74, 6) is -2.86. The zero-order valence-corrected chi connectivity index (χ0v) is 24.6. The largest absolute Gasteiger partial charge is 0.370 e. The monoisotopic (exact) mass is 594 g/mol. The third-order valence-corrected chi connectivity index (χ3v) is 7.04. The molecule has 2 rings (SSSR count). The summed E-state index contributed by atoms with van der Waals surface area (Å²) in [6.07, 6.45) is 2.63. The first-order chi connectivity index (χ1) is 20.6. The van der Waals surface area contributed by atoms with E-state index in [4.69, 9.17) is 28.7 Å². The molecule has 0 aromatic heterocycles. The number of hydrogen-bond donors (Lipinski definition) is 7. The van der Waals surface area contributed by atoms with Crippen LogP contribution in [0, 0.1) is 5.92 Å². The van der Waals surface area contributed by atoms with E-state index in [-0.39, 0.29) is 37.6 Å². The molecule has 0 aliphatic heterocycles. The zero-order chi connectivity index (χ0) is 31.6. The predicted octanol–water partition coefficient (Wildman–Crippen LogP) is 0.0120. The molecule has 0 spiro atoms. The quantitative estimate of drug-likeness (QED) is 0.0625. The van der Waals surface area contributed by atoms with Crippen molar-refractivity contribution in [3.63, 3.8) is 0 Å². The molecular weight excluding hydrogens is 548 g/mol. The van der Waals surface area contributed by atoms with Gasteiger partial charge in [-0.05, 0) is 62.6 Å². The van der Waals surface area contributed by atoms with Gasteiger partial charge in [0, 0.05) is 18.9 Å². The molecule has 0 aliphatic rings. The summed E-state index contributed by atoms with van der Waals surface area (Å²) >= 11 is 0. The third kappa shape index (κ3) is 13.5. The number of aliphatic imine (C=N–C) groups is 1. The molecule has 0 saturated heterocycles. The van der Waals surface area contributed by atoms with E-state index in [1.54, 1.807) is 0 Å². The standard InChI is InChI=1S/C31H46N8O4/c32-16-8-7-14-26(28(34)41)39-29(42)23(18-21-10-3-1-4-11-21)20-27(40)25(15-9-17-37-31(35)36)38-30(43)24(33)19-22-12-5-2-6-13-22/h1-6,10-13,23-26H,7-9,14-20,32-33H2,(H2,34,41)(H,38,43)(H,39,42)(H4,35,36,37)/t23-,24+,25-,26+/m1/s1. The maximum Gasteiger partial charge on any atom is 0.239 e. The molecule has 12 N–H and O–H groups in total. The number of benzene rings is 2. The van der Waals surface area contributed by atoms with E-state index in [9.17, 15) is 19.2 Å². The molecule has 0 heterocycles. The van der Waals surface area contributed by atoms with Crippen LogP contribution >= 0.6 is 0 Å². The molecule has 0 bridgehead atoms. The lowest BCUT2D eigenvalue weighted by molar-refractivity contribution is -0.133. The average molecular weight is 595 g/mol. The van der Waals surface area contributed by atoms with Crippen LogP contribution in [-0.2, 0) is 32.0 Å². The smallest absolute Gasteiger partial charge is 0.239 e. The topological polar surface area (TPSA) is 235 Å². The van der Waals surface area contributed by atoms with Crippen LogP contribution in [0.5, 0.6) is 0 Å². The van der Waals surface area contributed by atoms with E-state index in [1.165, 1.54) is 0 Å². The van der Waals surface area contributed by atoms with E-state index < -0.39 is 41.8 Å². The van der Waals surface area contributed by atoms with Gasteiger partial charge < -0.3 is 39.3 Å². The molecule has 0 unspecified atom stereocenters. The Morgan fingerprint density at radius 3 is 1.84 bits per heavy atom. The van der Waals surface area contributed by atoms with Gasteiger partial charge in [0.25, 0.3) is 0 Å². The minimum Gasteiger partial charge on any atom is -0.370 e. The average Bonchev–Trinajstić information content (AvgIpc) is 2.98. The first-order valence-corrected chi connectivity index (χ1v) is 14.6. The van der Waals surface area contributed by atoms with Gasteiger partial charge in [-0.3, -0.25) is 24.2 Å². The number of carbonyl (C=O) groups excluding carboxylic acids is 4. The van der Waals surface area contributed by atoms with Crippen LogP contribution in [0.2, 0.25) is 0 Å². The van der Waals surface area contributed by atoms with Gasteiger partial charge in [0.1, 0.15) is 6.04 Å². The predicted molar refractivity (Wildman–Crippen MR) is 167 cm³/mol. The van der Waals surface area contributed by atoms with Gasteiger partial charge in [-0.1, -0.05) is 60.7 Å². The first-order valence-electron chi connectivity index (χ1n) is 14.6. The highest BCUT2D eigenvalue weighted by molar-refractivity contribution is 5.94. The lowest BCUT2D eigenvalue weighted by Gasteiger charge is -2.24. The van der Waals surface area contributed by atoms with E-state index in [0.717, 1.165) is 11.1 Å². The minimum atomic E-state index is -0.925. The van der Waals surface area contributed by atoms with Crippen LogP contribution in [0.25, 0.3) is 0 Å². The minimum absolute atomic E-state index is 0.0770. The van der Waals surface area contributed by atoms with E-state index in [0.29, 0.717) is 38.6 Å². The lowest BCUT2D eigenvalue weighted by atomic mass is 9.89. The molecule has 2 aromatic rings. The van der Waals surface area contributed by atoms with Crippen molar-refractivity contribution in [2.24, 2.45) is 39.6 Å². The molecule has 0 saturated carbocycles. The van der Waals surface area contributed by atoms with Gasteiger partial charge in [-0.15, -0.1) is 0 Å². The van der Waals surface area contributed by atoms with E-state index in [2.05, 4.69) is 15.6 Å². The van der Waals surface area contributed by atoms with Crippen molar-refractivity contribution in [3.05, 3.63) is 71.8 Å². The first kappa shape index (κ1) is 34.9. The Balaban J connectivity index is 2.22. The normalized spacial score (nSPS) is 13.6. The van der Waals surface area contributed by atoms with Crippen LogP contribution in [0.3, 0.4) is 0 Å². The highest BCUT2D eigenvalue weighted by Gasteiger charge is 2.30. The molecule has 43 heavy (non-hydrogen) atoms. The molecule has 3 amide bonds. The molecule has 0 aliphatic carbocycles. The summed E-state index contributed by atoms with van der Waals surface area (Å²) in [5.41, 5.74) is 29.9. The Bertz CT molecular complexity index is 1190. The lowest BCUT2D eigenvalue weighted by Crippen LogP contribution is -2.51. The van der Waals surface area contributed by atoms with Crippen molar-refractivity contribution in [1.29, 1.82) is 0 Å². The summed E-state index contributed by atoms with van der Waals surface area (Å²) < 4.78 is 0. The number of nitrogens with two attached hydrogens (primary N) is 5. The molecule has 0 fully saturated rings. The van der Waals surface area contributed by atoms with Gasteiger partial charge >= 0.3 is 0 Å². The third-order valence-electron chi connectivity index (χ3n) is 7.04. The second-order valence-corrected chi connectivity index (χ2v) is 10.6. The van der Waals surface area contributed by atoms with Gasteiger partial charge in [0.2, 0.25) is 17.7 Å². The van der Waals surface area contributed by atoms with Crippen molar-refractivity contribution in [2.45, 2.75) is 69.5 Å². The Hall–Kier alpha value is -4.29. The number of Topliss-reactive ketones (excluding diaryl/α,β-unsaturated/α-hetero) is 1. The number of primary amides is 1. The Kier molecular flexibility index (Phi) is 15.4. The Morgan fingerprint density at radius 1 is 0.721 bits per heavy atom.